The fraction of sp³-hybridized carbons (Fsp3) is 0.286. The number of hydrogen-bond acceptors (Lipinski definition) is 3. The average Bonchev–Trinajstić information content (AvgIpc) is 2.39. The van der Waals surface area contributed by atoms with Crippen LogP contribution in [-0.2, 0) is 12.8 Å². The smallest absolute Gasteiger partial charge is 0.131 e. The molecule has 1 aromatic heterocycles. The Hall–Kier alpha value is -1.42. The average molecular weight is 306 g/mol. The summed E-state index contributed by atoms with van der Waals surface area (Å²) >= 11 is 3.40. The van der Waals surface area contributed by atoms with Crippen LogP contribution >= 0.6 is 15.9 Å². The second kappa shape index (κ2) is 6.50. The first-order chi connectivity index (χ1) is 8.78. The molecule has 0 saturated carbocycles. The SMILES string of the molecule is CCc1nc(Br)cc(NCCc2ccccc2)n1. The minimum Gasteiger partial charge on any atom is -0.370 e. The molecule has 0 radical (unpaired) electrons. The predicted octanol–water partition coefficient (Wildman–Crippen LogP) is 3.46. The number of aromatic nitrogens is 2. The van der Waals surface area contributed by atoms with Crippen molar-refractivity contribution in [2.45, 2.75) is 19.8 Å². The maximum Gasteiger partial charge on any atom is 0.131 e. The first kappa shape index (κ1) is 13.0. The Morgan fingerprint density at radius 1 is 1.17 bits per heavy atom. The van der Waals surface area contributed by atoms with E-state index in [4.69, 9.17) is 0 Å². The zero-order valence-corrected chi connectivity index (χ0v) is 11.9. The van der Waals surface area contributed by atoms with E-state index in [-0.39, 0.29) is 0 Å². The Balaban J connectivity index is 1.92. The van der Waals surface area contributed by atoms with Gasteiger partial charge in [-0.2, -0.15) is 0 Å². The van der Waals surface area contributed by atoms with Crippen LogP contribution in [0.5, 0.6) is 0 Å². The summed E-state index contributed by atoms with van der Waals surface area (Å²) in [6.45, 7) is 2.92. The van der Waals surface area contributed by atoms with Crippen molar-refractivity contribution in [1.82, 2.24) is 9.97 Å². The van der Waals surface area contributed by atoms with Gasteiger partial charge in [0.1, 0.15) is 16.2 Å². The van der Waals surface area contributed by atoms with Gasteiger partial charge in [-0.25, -0.2) is 9.97 Å². The number of anilines is 1. The molecule has 0 saturated heterocycles. The van der Waals surface area contributed by atoms with Crippen molar-refractivity contribution in [3.63, 3.8) is 0 Å². The molecule has 0 unspecified atom stereocenters. The summed E-state index contributed by atoms with van der Waals surface area (Å²) in [5.74, 6) is 1.73. The van der Waals surface area contributed by atoms with E-state index in [1.165, 1.54) is 5.56 Å². The normalized spacial score (nSPS) is 10.3. The molecule has 4 heteroatoms. The Kier molecular flexibility index (Phi) is 4.70. The van der Waals surface area contributed by atoms with E-state index < -0.39 is 0 Å². The molecule has 0 aliphatic heterocycles. The molecule has 0 amide bonds. The van der Waals surface area contributed by atoms with Crippen LogP contribution in [0.2, 0.25) is 0 Å². The van der Waals surface area contributed by atoms with E-state index in [0.717, 1.165) is 35.6 Å². The van der Waals surface area contributed by atoms with Crippen molar-refractivity contribution in [2.24, 2.45) is 0 Å². The quantitative estimate of drug-likeness (QED) is 0.860. The molecule has 0 aliphatic rings. The Morgan fingerprint density at radius 2 is 1.94 bits per heavy atom. The van der Waals surface area contributed by atoms with Crippen LogP contribution in [0.1, 0.15) is 18.3 Å². The molecule has 0 spiro atoms. The second-order valence-electron chi connectivity index (χ2n) is 4.01. The van der Waals surface area contributed by atoms with E-state index in [9.17, 15) is 0 Å². The van der Waals surface area contributed by atoms with Gasteiger partial charge in [0.2, 0.25) is 0 Å². The highest BCUT2D eigenvalue weighted by molar-refractivity contribution is 9.10. The fourth-order valence-electron chi connectivity index (χ4n) is 1.69. The van der Waals surface area contributed by atoms with Crippen LogP contribution in [0.15, 0.2) is 41.0 Å². The minimum atomic E-state index is 0.830. The van der Waals surface area contributed by atoms with E-state index in [1.54, 1.807) is 0 Å². The van der Waals surface area contributed by atoms with Gasteiger partial charge in [0.25, 0.3) is 0 Å². The van der Waals surface area contributed by atoms with Crippen molar-refractivity contribution >= 4 is 21.7 Å². The molecule has 0 fully saturated rings. The lowest BCUT2D eigenvalue weighted by molar-refractivity contribution is 0.915. The highest BCUT2D eigenvalue weighted by atomic mass is 79.9. The van der Waals surface area contributed by atoms with Gasteiger partial charge in [-0.05, 0) is 27.9 Å². The summed E-state index contributed by atoms with van der Waals surface area (Å²) in [6, 6.07) is 12.3. The van der Waals surface area contributed by atoms with Crippen molar-refractivity contribution in [1.29, 1.82) is 0 Å². The molecular weight excluding hydrogens is 290 g/mol. The molecule has 1 aromatic carbocycles. The van der Waals surface area contributed by atoms with Gasteiger partial charge in [0.15, 0.2) is 0 Å². The first-order valence-electron chi connectivity index (χ1n) is 6.09. The van der Waals surface area contributed by atoms with Crippen LogP contribution in [0.3, 0.4) is 0 Å². The molecule has 94 valence electrons. The Bertz CT molecular complexity index is 500. The summed E-state index contributed by atoms with van der Waals surface area (Å²) < 4.78 is 0.830. The van der Waals surface area contributed by atoms with Crippen LogP contribution in [0.25, 0.3) is 0 Å². The number of nitrogens with one attached hydrogen (secondary N) is 1. The lowest BCUT2D eigenvalue weighted by atomic mass is 10.1. The van der Waals surface area contributed by atoms with Crippen molar-refractivity contribution in [2.75, 3.05) is 11.9 Å². The van der Waals surface area contributed by atoms with Gasteiger partial charge in [0, 0.05) is 19.0 Å². The van der Waals surface area contributed by atoms with E-state index in [2.05, 4.69) is 62.4 Å². The third-order valence-corrected chi connectivity index (χ3v) is 3.03. The van der Waals surface area contributed by atoms with E-state index in [0.29, 0.717) is 0 Å². The topological polar surface area (TPSA) is 37.8 Å². The van der Waals surface area contributed by atoms with Crippen LogP contribution in [-0.4, -0.2) is 16.5 Å². The molecule has 0 aliphatic carbocycles. The van der Waals surface area contributed by atoms with Gasteiger partial charge in [-0.3, -0.25) is 0 Å². The Labute approximate surface area is 116 Å². The summed E-state index contributed by atoms with van der Waals surface area (Å²) in [5.41, 5.74) is 1.33. The molecule has 1 heterocycles. The number of rotatable bonds is 5. The number of hydrogen-bond donors (Lipinski definition) is 1. The molecule has 3 nitrogen and oxygen atoms in total. The standard InChI is InChI=1S/C14H16BrN3/c1-2-13-17-12(15)10-14(18-13)16-9-8-11-6-4-3-5-7-11/h3-7,10H,2,8-9H2,1H3,(H,16,17,18). The zero-order chi connectivity index (χ0) is 12.8. The highest BCUT2D eigenvalue weighted by Gasteiger charge is 2.01. The number of benzene rings is 1. The molecular formula is C14H16BrN3. The van der Waals surface area contributed by atoms with Gasteiger partial charge in [-0.15, -0.1) is 0 Å². The Morgan fingerprint density at radius 3 is 2.67 bits per heavy atom. The van der Waals surface area contributed by atoms with Crippen molar-refractivity contribution < 1.29 is 0 Å². The molecule has 0 bridgehead atoms. The summed E-state index contributed by atoms with van der Waals surface area (Å²) in [5, 5.41) is 3.33. The molecule has 1 N–H and O–H groups in total. The van der Waals surface area contributed by atoms with E-state index >= 15 is 0 Å². The van der Waals surface area contributed by atoms with Gasteiger partial charge < -0.3 is 5.32 Å². The highest BCUT2D eigenvalue weighted by Crippen LogP contribution is 2.12. The zero-order valence-electron chi connectivity index (χ0n) is 10.4. The third-order valence-electron chi connectivity index (χ3n) is 2.62. The van der Waals surface area contributed by atoms with Crippen LogP contribution < -0.4 is 5.32 Å². The number of aryl methyl sites for hydroxylation is 1. The predicted molar refractivity (Wildman–Crippen MR) is 77.7 cm³/mol. The molecule has 0 atom stereocenters. The molecule has 2 aromatic rings. The van der Waals surface area contributed by atoms with Crippen molar-refractivity contribution in [3.8, 4) is 0 Å². The van der Waals surface area contributed by atoms with Crippen molar-refractivity contribution in [3.05, 3.63) is 52.4 Å². The third kappa shape index (κ3) is 3.81. The first-order valence-corrected chi connectivity index (χ1v) is 6.88. The lowest BCUT2D eigenvalue weighted by Gasteiger charge is -2.07. The van der Waals surface area contributed by atoms with Crippen LogP contribution in [0, 0.1) is 0 Å². The minimum absolute atomic E-state index is 0.830. The molecule has 18 heavy (non-hydrogen) atoms. The van der Waals surface area contributed by atoms with E-state index in [1.807, 2.05) is 12.1 Å². The monoisotopic (exact) mass is 305 g/mol. The number of nitrogens with zero attached hydrogens (tertiary/aromatic N) is 2. The van der Waals surface area contributed by atoms with Crippen LogP contribution in [0.4, 0.5) is 5.82 Å². The molecule has 2 rings (SSSR count). The summed E-state index contributed by atoms with van der Waals surface area (Å²) in [7, 11) is 0. The van der Waals surface area contributed by atoms with Gasteiger partial charge in [-0.1, -0.05) is 37.3 Å². The largest absolute Gasteiger partial charge is 0.370 e. The second-order valence-corrected chi connectivity index (χ2v) is 4.82. The maximum atomic E-state index is 4.43. The summed E-state index contributed by atoms with van der Waals surface area (Å²) in [4.78, 5) is 8.72. The van der Waals surface area contributed by atoms with Gasteiger partial charge >= 0.3 is 0 Å². The fourth-order valence-corrected chi connectivity index (χ4v) is 2.11. The lowest BCUT2D eigenvalue weighted by Crippen LogP contribution is -2.08. The van der Waals surface area contributed by atoms with Gasteiger partial charge in [0.05, 0.1) is 0 Å². The summed E-state index contributed by atoms with van der Waals surface area (Å²) in [6.07, 6.45) is 1.83. The number of halogens is 1. The maximum absolute atomic E-state index is 4.43.